The standard InChI is InChI=1S/C12H29NO3Si/c1-12(17(14-2,15-3)16-4)10-8-6-5-7-9-11-13/h12H,5-11,13H2,1-4H3. The second kappa shape index (κ2) is 10.0. The van der Waals surface area contributed by atoms with E-state index in [2.05, 4.69) is 6.92 Å². The molecule has 0 saturated heterocycles. The van der Waals surface area contributed by atoms with Gasteiger partial charge < -0.3 is 19.0 Å². The first-order chi connectivity index (χ1) is 8.16. The molecule has 0 bridgehead atoms. The van der Waals surface area contributed by atoms with Gasteiger partial charge in [0.05, 0.1) is 0 Å². The van der Waals surface area contributed by atoms with E-state index in [4.69, 9.17) is 19.0 Å². The summed E-state index contributed by atoms with van der Waals surface area (Å²) in [6.07, 6.45) is 7.22. The Morgan fingerprint density at radius 1 is 0.882 bits per heavy atom. The molecular formula is C12H29NO3Si. The van der Waals surface area contributed by atoms with E-state index < -0.39 is 8.80 Å². The quantitative estimate of drug-likeness (QED) is 0.460. The Balaban J connectivity index is 3.79. The molecule has 0 saturated carbocycles. The van der Waals surface area contributed by atoms with Crippen molar-refractivity contribution in [3.8, 4) is 0 Å². The number of unbranched alkanes of at least 4 members (excludes halogenated alkanes) is 4. The third-order valence-electron chi connectivity index (χ3n) is 3.30. The number of nitrogens with two attached hydrogens (primary N) is 1. The molecule has 1 unspecified atom stereocenters. The third kappa shape index (κ3) is 5.97. The van der Waals surface area contributed by atoms with Gasteiger partial charge in [0.1, 0.15) is 0 Å². The maximum absolute atomic E-state index is 5.47. The molecule has 0 radical (unpaired) electrons. The summed E-state index contributed by atoms with van der Waals surface area (Å²) in [6, 6.07) is 0. The van der Waals surface area contributed by atoms with E-state index in [0.717, 1.165) is 19.4 Å². The second-order valence-electron chi connectivity index (χ2n) is 4.46. The van der Waals surface area contributed by atoms with E-state index in [-0.39, 0.29) is 0 Å². The molecule has 0 aliphatic heterocycles. The van der Waals surface area contributed by atoms with Gasteiger partial charge >= 0.3 is 8.80 Å². The van der Waals surface area contributed by atoms with Crippen LogP contribution in [-0.4, -0.2) is 36.7 Å². The van der Waals surface area contributed by atoms with Gasteiger partial charge in [-0.2, -0.15) is 0 Å². The minimum atomic E-state index is -2.42. The molecule has 0 aromatic heterocycles. The minimum Gasteiger partial charge on any atom is -0.377 e. The van der Waals surface area contributed by atoms with Crippen molar-refractivity contribution in [2.75, 3.05) is 27.9 Å². The SMILES string of the molecule is CO[Si](OC)(OC)C(C)CCCCCCCN. The molecule has 0 amide bonds. The highest BCUT2D eigenvalue weighted by atomic mass is 28.4. The third-order valence-corrected chi connectivity index (χ3v) is 6.50. The summed E-state index contributed by atoms with van der Waals surface area (Å²) in [5, 5.41) is 0. The first-order valence-electron chi connectivity index (χ1n) is 6.52. The van der Waals surface area contributed by atoms with Crippen molar-refractivity contribution in [2.24, 2.45) is 5.73 Å². The number of rotatable bonds is 11. The molecule has 1 atom stereocenters. The Morgan fingerprint density at radius 3 is 1.82 bits per heavy atom. The lowest BCUT2D eigenvalue weighted by molar-refractivity contribution is 0.111. The maximum atomic E-state index is 5.47. The minimum absolute atomic E-state index is 0.358. The van der Waals surface area contributed by atoms with E-state index in [1.165, 1.54) is 25.7 Å². The molecule has 0 aromatic carbocycles. The Labute approximate surface area is 107 Å². The zero-order chi connectivity index (χ0) is 13.1. The Hall–Kier alpha value is 0.0569. The largest absolute Gasteiger partial charge is 0.503 e. The van der Waals surface area contributed by atoms with Crippen molar-refractivity contribution in [1.29, 1.82) is 0 Å². The predicted molar refractivity (Wildman–Crippen MR) is 73.0 cm³/mol. The molecule has 0 fully saturated rings. The van der Waals surface area contributed by atoms with Gasteiger partial charge in [-0.1, -0.05) is 32.6 Å². The molecule has 4 nitrogen and oxygen atoms in total. The lowest BCUT2D eigenvalue weighted by Gasteiger charge is -2.30. The smallest absolute Gasteiger partial charge is 0.377 e. The summed E-state index contributed by atoms with van der Waals surface area (Å²) < 4.78 is 16.4. The molecule has 17 heavy (non-hydrogen) atoms. The van der Waals surface area contributed by atoms with E-state index in [1.807, 2.05) is 0 Å². The normalized spacial score (nSPS) is 13.9. The van der Waals surface area contributed by atoms with Gasteiger partial charge in [0.25, 0.3) is 0 Å². The summed E-state index contributed by atoms with van der Waals surface area (Å²) in [4.78, 5) is 0. The fourth-order valence-electron chi connectivity index (χ4n) is 2.16. The second-order valence-corrected chi connectivity index (χ2v) is 7.88. The molecular weight excluding hydrogens is 234 g/mol. The summed E-state index contributed by atoms with van der Waals surface area (Å²) in [6.45, 7) is 2.96. The molecule has 0 aromatic rings. The molecule has 0 aliphatic rings. The molecule has 2 N–H and O–H groups in total. The van der Waals surface area contributed by atoms with Gasteiger partial charge in [-0.15, -0.1) is 0 Å². The molecule has 0 spiro atoms. The highest BCUT2D eigenvalue weighted by Gasteiger charge is 2.43. The average Bonchev–Trinajstić information content (AvgIpc) is 2.36. The van der Waals surface area contributed by atoms with Crippen LogP contribution in [0, 0.1) is 0 Å². The van der Waals surface area contributed by atoms with E-state index in [0.29, 0.717) is 5.54 Å². The van der Waals surface area contributed by atoms with Crippen LogP contribution in [0.4, 0.5) is 0 Å². The Bertz CT molecular complexity index is 169. The van der Waals surface area contributed by atoms with Crippen LogP contribution in [0.25, 0.3) is 0 Å². The summed E-state index contributed by atoms with van der Waals surface area (Å²) in [7, 11) is 2.62. The fourth-order valence-corrected chi connectivity index (χ4v) is 4.42. The van der Waals surface area contributed by atoms with Crippen molar-refractivity contribution in [3.63, 3.8) is 0 Å². The lowest BCUT2D eigenvalue weighted by atomic mass is 10.1. The van der Waals surface area contributed by atoms with Crippen LogP contribution in [0.2, 0.25) is 5.54 Å². The van der Waals surface area contributed by atoms with Crippen molar-refractivity contribution in [2.45, 2.75) is 51.0 Å². The van der Waals surface area contributed by atoms with Crippen LogP contribution in [0.3, 0.4) is 0 Å². The maximum Gasteiger partial charge on any atom is 0.503 e. The van der Waals surface area contributed by atoms with Gasteiger partial charge in [0, 0.05) is 26.9 Å². The highest BCUT2D eigenvalue weighted by Crippen LogP contribution is 2.28. The molecule has 0 aliphatic carbocycles. The van der Waals surface area contributed by atoms with Crippen molar-refractivity contribution < 1.29 is 13.3 Å². The van der Waals surface area contributed by atoms with Gasteiger partial charge in [-0.25, -0.2) is 0 Å². The van der Waals surface area contributed by atoms with E-state index in [9.17, 15) is 0 Å². The first kappa shape index (κ1) is 17.1. The number of hydrogen-bond donors (Lipinski definition) is 1. The van der Waals surface area contributed by atoms with Crippen LogP contribution >= 0.6 is 0 Å². The van der Waals surface area contributed by atoms with Gasteiger partial charge in [-0.3, -0.25) is 0 Å². The van der Waals surface area contributed by atoms with Crippen LogP contribution in [0.1, 0.15) is 45.4 Å². The van der Waals surface area contributed by atoms with E-state index in [1.54, 1.807) is 21.3 Å². The fraction of sp³-hybridized carbons (Fsp3) is 1.00. The number of hydrogen-bond acceptors (Lipinski definition) is 4. The van der Waals surface area contributed by atoms with Gasteiger partial charge in [-0.05, 0) is 19.4 Å². The molecule has 0 heterocycles. The van der Waals surface area contributed by atoms with E-state index >= 15 is 0 Å². The lowest BCUT2D eigenvalue weighted by Crippen LogP contribution is -2.46. The monoisotopic (exact) mass is 263 g/mol. The van der Waals surface area contributed by atoms with Gasteiger partial charge in [0.15, 0.2) is 0 Å². The molecule has 0 rings (SSSR count). The van der Waals surface area contributed by atoms with Crippen LogP contribution < -0.4 is 5.73 Å². The Morgan fingerprint density at radius 2 is 1.35 bits per heavy atom. The summed E-state index contributed by atoms with van der Waals surface area (Å²) in [5.41, 5.74) is 5.82. The first-order valence-corrected chi connectivity index (χ1v) is 8.32. The zero-order valence-corrected chi connectivity index (χ0v) is 12.8. The van der Waals surface area contributed by atoms with Crippen molar-refractivity contribution in [3.05, 3.63) is 0 Å². The van der Waals surface area contributed by atoms with Crippen LogP contribution in [0.5, 0.6) is 0 Å². The topological polar surface area (TPSA) is 53.7 Å². The molecule has 5 heteroatoms. The summed E-state index contributed by atoms with van der Waals surface area (Å²) in [5.74, 6) is 0. The highest BCUT2D eigenvalue weighted by molar-refractivity contribution is 6.62. The Kier molecular flexibility index (Phi) is 10.1. The predicted octanol–water partition coefficient (Wildman–Crippen LogP) is 2.55. The zero-order valence-electron chi connectivity index (χ0n) is 11.8. The van der Waals surface area contributed by atoms with Crippen molar-refractivity contribution in [1.82, 2.24) is 0 Å². The average molecular weight is 263 g/mol. The molecule has 104 valence electrons. The van der Waals surface area contributed by atoms with Crippen LogP contribution in [-0.2, 0) is 13.3 Å². The summed E-state index contributed by atoms with van der Waals surface area (Å²) >= 11 is 0. The van der Waals surface area contributed by atoms with Gasteiger partial charge in [0.2, 0.25) is 0 Å². The van der Waals surface area contributed by atoms with Crippen LogP contribution in [0.15, 0.2) is 0 Å². The van der Waals surface area contributed by atoms with Crippen molar-refractivity contribution >= 4 is 8.80 Å².